The van der Waals surface area contributed by atoms with Crippen molar-refractivity contribution in [2.75, 3.05) is 36.4 Å². The van der Waals surface area contributed by atoms with Gasteiger partial charge in [0.1, 0.15) is 0 Å². The lowest BCUT2D eigenvalue weighted by Crippen LogP contribution is -2.51. The lowest BCUT2D eigenvalue weighted by molar-refractivity contribution is -0.160. The van der Waals surface area contributed by atoms with E-state index < -0.39 is 6.10 Å². The third-order valence-electron chi connectivity index (χ3n) is 5.97. The number of nitrogens with one attached hydrogen (secondary N) is 1. The van der Waals surface area contributed by atoms with Gasteiger partial charge < -0.3 is 19.9 Å². The predicted molar refractivity (Wildman–Crippen MR) is 118 cm³/mol. The molecule has 1 N–H and O–H groups in total. The molecule has 3 atom stereocenters. The lowest BCUT2D eigenvalue weighted by Gasteiger charge is -2.37. The average Bonchev–Trinajstić information content (AvgIpc) is 2.78. The van der Waals surface area contributed by atoms with Crippen LogP contribution in [0, 0.1) is 0 Å². The molecule has 0 saturated carbocycles. The first kappa shape index (κ1) is 20.3. The second-order valence-electron chi connectivity index (χ2n) is 8.15. The van der Waals surface area contributed by atoms with Gasteiger partial charge in [0.05, 0.1) is 5.92 Å². The van der Waals surface area contributed by atoms with Gasteiger partial charge in [0, 0.05) is 43.6 Å². The van der Waals surface area contributed by atoms with Crippen molar-refractivity contribution < 1.29 is 14.3 Å². The number of nitrogens with zero attached hydrogens (tertiary/aromatic N) is 2. The summed E-state index contributed by atoms with van der Waals surface area (Å²) in [7, 11) is 0. The molecule has 4 rings (SSSR count). The Balaban J connectivity index is 1.35. The molecule has 1 amide bonds. The minimum Gasteiger partial charge on any atom is -0.452 e. The Morgan fingerprint density at radius 1 is 1.00 bits per heavy atom. The predicted octanol–water partition coefficient (Wildman–Crippen LogP) is 3.25. The van der Waals surface area contributed by atoms with E-state index in [1.807, 2.05) is 42.5 Å². The van der Waals surface area contributed by atoms with E-state index in [1.165, 1.54) is 5.69 Å². The van der Waals surface area contributed by atoms with E-state index in [-0.39, 0.29) is 23.8 Å². The van der Waals surface area contributed by atoms with Crippen LogP contribution >= 0.6 is 0 Å². The lowest BCUT2D eigenvalue weighted by atomic mass is 9.87. The van der Waals surface area contributed by atoms with E-state index >= 15 is 0 Å². The van der Waals surface area contributed by atoms with Gasteiger partial charge in [-0.1, -0.05) is 36.4 Å². The van der Waals surface area contributed by atoms with Crippen molar-refractivity contribution in [2.45, 2.75) is 38.3 Å². The Labute approximate surface area is 177 Å². The third-order valence-corrected chi connectivity index (χ3v) is 5.97. The summed E-state index contributed by atoms with van der Waals surface area (Å²) < 4.78 is 5.65. The average molecular weight is 408 g/mol. The molecular formula is C24H29N3O3. The van der Waals surface area contributed by atoms with E-state index in [2.05, 4.69) is 29.3 Å². The molecule has 0 bridgehead atoms. The van der Waals surface area contributed by atoms with Gasteiger partial charge >= 0.3 is 5.97 Å². The number of hydrogen-bond donors (Lipinski definition) is 1. The van der Waals surface area contributed by atoms with Gasteiger partial charge in [-0.05, 0) is 44.0 Å². The van der Waals surface area contributed by atoms with Crippen LogP contribution in [-0.4, -0.2) is 55.1 Å². The molecule has 1 saturated heterocycles. The number of rotatable bonds is 4. The summed E-state index contributed by atoms with van der Waals surface area (Å²) >= 11 is 0. The Bertz CT molecular complexity index is 894. The maximum absolute atomic E-state index is 12.9. The largest absolute Gasteiger partial charge is 0.452 e. The number of fused-ring (bicyclic) bond motifs is 1. The van der Waals surface area contributed by atoms with Crippen molar-refractivity contribution >= 4 is 23.3 Å². The van der Waals surface area contributed by atoms with Gasteiger partial charge in [-0.3, -0.25) is 9.59 Å². The van der Waals surface area contributed by atoms with E-state index in [0.717, 1.165) is 24.3 Å². The number of amides is 1. The zero-order valence-electron chi connectivity index (χ0n) is 17.6. The van der Waals surface area contributed by atoms with Crippen LogP contribution in [0.3, 0.4) is 0 Å². The first-order chi connectivity index (χ1) is 14.5. The summed E-state index contributed by atoms with van der Waals surface area (Å²) in [6.07, 6.45) is -0.120. The van der Waals surface area contributed by atoms with Gasteiger partial charge in [0.25, 0.3) is 5.91 Å². The third kappa shape index (κ3) is 4.27. The topological polar surface area (TPSA) is 61.9 Å². The van der Waals surface area contributed by atoms with Crippen molar-refractivity contribution in [3.63, 3.8) is 0 Å². The number of anilines is 2. The fraction of sp³-hybridized carbons (Fsp3) is 0.417. The number of benzene rings is 2. The zero-order chi connectivity index (χ0) is 21.1. The standard InChI is InChI=1S/C24H29N3O3/c1-17-16-21(20-10-6-7-11-22(20)25-17)24(29)30-18(2)23(28)27-14-12-26(13-15-27)19-8-4-3-5-9-19/h3-11,17-18,21,25H,12-16H2,1-2H3/t17-,18-,21-/m1/s1. The molecule has 0 aromatic heterocycles. The summed E-state index contributed by atoms with van der Waals surface area (Å²) in [6.45, 7) is 6.54. The number of hydrogen-bond acceptors (Lipinski definition) is 5. The fourth-order valence-electron chi connectivity index (χ4n) is 4.35. The number of piperazine rings is 1. The summed E-state index contributed by atoms with van der Waals surface area (Å²) in [4.78, 5) is 29.9. The van der Waals surface area contributed by atoms with Gasteiger partial charge in [0.15, 0.2) is 6.10 Å². The molecular weight excluding hydrogens is 378 g/mol. The number of carbonyl (C=O) groups is 2. The van der Waals surface area contributed by atoms with E-state index in [1.54, 1.807) is 11.8 Å². The SMILES string of the molecule is C[C@@H]1C[C@@H](C(=O)O[C@H](C)C(=O)N2CCN(c3ccccc3)CC2)c2ccccc2N1. The number of carbonyl (C=O) groups excluding carboxylic acids is 2. The number of esters is 1. The summed E-state index contributed by atoms with van der Waals surface area (Å²) in [5.74, 6) is -0.784. The molecule has 2 aliphatic heterocycles. The number of ether oxygens (including phenoxy) is 1. The van der Waals surface area contributed by atoms with Crippen molar-refractivity contribution in [1.82, 2.24) is 4.90 Å². The monoisotopic (exact) mass is 407 g/mol. The van der Waals surface area contributed by atoms with Gasteiger partial charge in [-0.15, -0.1) is 0 Å². The first-order valence-corrected chi connectivity index (χ1v) is 10.7. The van der Waals surface area contributed by atoms with Crippen molar-refractivity contribution in [1.29, 1.82) is 0 Å². The maximum atomic E-state index is 12.9. The summed E-state index contributed by atoms with van der Waals surface area (Å²) in [5.41, 5.74) is 3.08. The highest BCUT2D eigenvalue weighted by atomic mass is 16.5. The smallest absolute Gasteiger partial charge is 0.314 e. The molecule has 0 aliphatic carbocycles. The highest BCUT2D eigenvalue weighted by molar-refractivity contribution is 5.87. The highest BCUT2D eigenvalue weighted by Crippen LogP contribution is 2.35. The Hall–Kier alpha value is -3.02. The van der Waals surface area contributed by atoms with E-state index in [0.29, 0.717) is 19.5 Å². The van der Waals surface area contributed by atoms with Crippen LogP contribution in [0.1, 0.15) is 31.7 Å². The van der Waals surface area contributed by atoms with Gasteiger partial charge in [-0.2, -0.15) is 0 Å². The fourth-order valence-corrected chi connectivity index (χ4v) is 4.35. The van der Waals surface area contributed by atoms with Crippen molar-refractivity contribution in [3.05, 3.63) is 60.2 Å². The Morgan fingerprint density at radius 2 is 1.67 bits per heavy atom. The molecule has 2 aromatic rings. The van der Waals surface area contributed by atoms with Crippen LogP contribution in [0.15, 0.2) is 54.6 Å². The van der Waals surface area contributed by atoms with E-state index in [9.17, 15) is 9.59 Å². The quantitative estimate of drug-likeness (QED) is 0.789. The second kappa shape index (κ2) is 8.78. The molecule has 0 radical (unpaired) electrons. The second-order valence-corrected chi connectivity index (χ2v) is 8.15. The van der Waals surface area contributed by atoms with Crippen LogP contribution in [0.2, 0.25) is 0 Å². The Kier molecular flexibility index (Phi) is 5.93. The molecule has 2 heterocycles. The number of para-hydroxylation sites is 2. The van der Waals surface area contributed by atoms with Crippen LogP contribution in [0.4, 0.5) is 11.4 Å². The zero-order valence-corrected chi connectivity index (χ0v) is 17.6. The molecule has 158 valence electrons. The summed E-state index contributed by atoms with van der Waals surface area (Å²) in [6, 6.07) is 18.2. The molecule has 6 heteroatoms. The summed E-state index contributed by atoms with van der Waals surface area (Å²) in [5, 5.41) is 3.40. The molecule has 30 heavy (non-hydrogen) atoms. The van der Waals surface area contributed by atoms with Gasteiger partial charge in [-0.25, -0.2) is 0 Å². The molecule has 0 spiro atoms. The van der Waals surface area contributed by atoms with E-state index in [4.69, 9.17) is 4.74 Å². The molecule has 2 aliphatic rings. The molecule has 0 unspecified atom stereocenters. The van der Waals surface area contributed by atoms with Crippen molar-refractivity contribution in [3.8, 4) is 0 Å². The molecule has 6 nitrogen and oxygen atoms in total. The first-order valence-electron chi connectivity index (χ1n) is 10.7. The van der Waals surface area contributed by atoms with Crippen molar-refractivity contribution in [2.24, 2.45) is 0 Å². The van der Waals surface area contributed by atoms with Gasteiger partial charge in [0.2, 0.25) is 0 Å². The minimum atomic E-state index is -0.780. The van der Waals surface area contributed by atoms with Crippen LogP contribution < -0.4 is 10.2 Å². The maximum Gasteiger partial charge on any atom is 0.314 e. The normalized spacial score (nSPS) is 21.9. The molecule has 1 fully saturated rings. The Morgan fingerprint density at radius 3 is 2.40 bits per heavy atom. The highest BCUT2D eigenvalue weighted by Gasteiger charge is 2.34. The molecule has 2 aromatic carbocycles. The minimum absolute atomic E-state index is 0.119. The van der Waals surface area contributed by atoms with Crippen LogP contribution in [-0.2, 0) is 14.3 Å². The van der Waals surface area contributed by atoms with Crippen LogP contribution in [0.5, 0.6) is 0 Å². The van der Waals surface area contributed by atoms with Crippen LogP contribution in [0.25, 0.3) is 0 Å².